The number of hydrogen-bond acceptors (Lipinski definition) is 15. The molecule has 8 rings (SSSR count). The smallest absolute Gasteiger partial charge is 0.339 e. The second kappa shape index (κ2) is 19.9. The summed E-state index contributed by atoms with van der Waals surface area (Å²) < 4.78 is 140. The summed E-state index contributed by atoms with van der Waals surface area (Å²) in [5.41, 5.74) is 3.65. The largest absolute Gasteiger partial charge is 0.507 e. The van der Waals surface area contributed by atoms with Crippen LogP contribution in [0.2, 0.25) is 0 Å². The van der Waals surface area contributed by atoms with Crippen LogP contribution < -0.4 is 20.1 Å². The van der Waals surface area contributed by atoms with Gasteiger partial charge in [-0.1, -0.05) is 18.2 Å². The zero-order chi connectivity index (χ0) is 57.5. The Morgan fingerprint density at radius 2 is 0.974 bits per heavy atom. The number of sulfonamides is 2. The number of aromatic carboxylic acids is 2. The van der Waals surface area contributed by atoms with E-state index in [1.54, 1.807) is 73.6 Å². The fourth-order valence-corrected chi connectivity index (χ4v) is 12.9. The van der Waals surface area contributed by atoms with E-state index in [4.69, 9.17) is 9.41 Å². The van der Waals surface area contributed by atoms with E-state index in [1.807, 2.05) is 0 Å². The molecule has 0 unspecified atom stereocenters. The number of phenols is 2. The summed E-state index contributed by atoms with van der Waals surface area (Å²) in [7, 11) is -19.0. The van der Waals surface area contributed by atoms with Crippen LogP contribution in [-0.4, -0.2) is 75.1 Å². The molecule has 21 nitrogen and oxygen atoms in total. The molecule has 0 radical (unpaired) electrons. The Morgan fingerprint density at radius 1 is 0.513 bits per heavy atom. The maximum absolute atomic E-state index is 13.7. The molecule has 1 heterocycles. The van der Waals surface area contributed by atoms with E-state index in [9.17, 15) is 72.8 Å². The van der Waals surface area contributed by atoms with Crippen molar-refractivity contribution < 1.29 is 77.2 Å². The lowest BCUT2D eigenvalue weighted by atomic mass is 9.93. The van der Waals surface area contributed by atoms with Crippen LogP contribution in [0.15, 0.2) is 120 Å². The molecule has 6 aromatic carbocycles. The van der Waals surface area contributed by atoms with Gasteiger partial charge in [0, 0.05) is 45.6 Å². The standard InChI is InChI=1S/C53H48N4O17S4/c1-24-28(5)50(56-75(64,65)33-14-17-41(58)37(20-33)52(60)61)29(6)25(2)48(24)54-32-13-16-35-43(19-32)74-44-23-40(46(78(71,72)73)22-39(44)47(35)36-11-9-10-12-45(36)77(68,69)70)55-49-26(3)30(7)51(31(8)27(49)4)57-76(66,67)34-15-18-42(59)38(21-34)53(62)63/h9-23,54,56-59H,1-8H3,(H,60,61)(H,62,63)(H,68,69,70)(H,71,72,73). The monoisotopic (exact) mass is 1140 g/mol. The zero-order valence-electron chi connectivity index (χ0n) is 42.4. The van der Waals surface area contributed by atoms with Gasteiger partial charge in [0.1, 0.15) is 43.8 Å². The quantitative estimate of drug-likeness (QED) is 0.0361. The second-order valence-corrected chi connectivity index (χ2v) is 24.5. The number of anilines is 4. The number of nitrogens with zero attached hydrogens (tertiary/aromatic N) is 1. The molecule has 0 spiro atoms. The molecular formula is C53H48N4O17S4. The van der Waals surface area contributed by atoms with E-state index in [0.29, 0.717) is 55.9 Å². The summed E-state index contributed by atoms with van der Waals surface area (Å²) in [6.45, 7) is 13.1. The van der Waals surface area contributed by atoms with Crippen LogP contribution in [0.3, 0.4) is 0 Å². The highest BCUT2D eigenvalue weighted by Crippen LogP contribution is 2.45. The molecule has 25 heteroatoms. The van der Waals surface area contributed by atoms with Gasteiger partial charge in [0.2, 0.25) is 0 Å². The van der Waals surface area contributed by atoms with Gasteiger partial charge in [-0.15, -0.1) is 0 Å². The molecule has 0 fully saturated rings. The van der Waals surface area contributed by atoms with E-state index in [1.165, 1.54) is 24.3 Å². The highest BCUT2D eigenvalue weighted by Gasteiger charge is 2.29. The maximum Gasteiger partial charge on any atom is 0.339 e. The van der Waals surface area contributed by atoms with Gasteiger partial charge in [-0.25, -0.2) is 31.4 Å². The Kier molecular flexibility index (Phi) is 14.3. The Labute approximate surface area is 447 Å². The fourth-order valence-electron chi connectivity index (χ4n) is 9.09. The maximum atomic E-state index is 13.7. The van der Waals surface area contributed by atoms with E-state index in [2.05, 4.69) is 14.8 Å². The lowest BCUT2D eigenvalue weighted by molar-refractivity contribution is 0.0682. The number of carboxylic acid groups (broad SMARTS) is 2. The van der Waals surface area contributed by atoms with Crippen molar-refractivity contribution >= 4 is 91.6 Å². The molecule has 2 aliphatic rings. The molecular weight excluding hydrogens is 1090 g/mol. The highest BCUT2D eigenvalue weighted by molar-refractivity contribution is 7.93. The van der Waals surface area contributed by atoms with E-state index < -0.39 is 94.4 Å². The topological polar surface area (TPSA) is 354 Å². The van der Waals surface area contributed by atoms with Crippen molar-refractivity contribution in [3.63, 3.8) is 0 Å². The van der Waals surface area contributed by atoms with Gasteiger partial charge in [-0.2, -0.15) is 16.8 Å². The number of aromatic hydroxyl groups is 2. The van der Waals surface area contributed by atoms with Gasteiger partial charge < -0.3 is 30.2 Å². The predicted octanol–water partition coefficient (Wildman–Crippen LogP) is 9.55. The van der Waals surface area contributed by atoms with Crippen LogP contribution in [0.5, 0.6) is 11.5 Å². The first kappa shape index (κ1) is 55.9. The lowest BCUT2D eigenvalue weighted by Crippen LogP contribution is -2.17. The molecule has 1 aliphatic heterocycles. The molecule has 0 atom stereocenters. The van der Waals surface area contributed by atoms with Crippen molar-refractivity contribution in [2.24, 2.45) is 4.99 Å². The molecule has 6 aromatic rings. The molecule has 406 valence electrons. The minimum Gasteiger partial charge on any atom is -0.507 e. The van der Waals surface area contributed by atoms with Crippen LogP contribution >= 0.6 is 0 Å². The normalized spacial score (nSPS) is 12.5. The summed E-state index contributed by atoms with van der Waals surface area (Å²) in [5.74, 6) is -4.45. The Balaban J connectivity index is 1.30. The van der Waals surface area contributed by atoms with Crippen molar-refractivity contribution in [2.75, 3.05) is 14.8 Å². The van der Waals surface area contributed by atoms with E-state index in [0.717, 1.165) is 48.5 Å². The van der Waals surface area contributed by atoms with Gasteiger partial charge in [0.05, 0.1) is 32.2 Å². The first-order valence-corrected chi connectivity index (χ1v) is 28.9. The molecule has 1 aliphatic carbocycles. The van der Waals surface area contributed by atoms with Crippen molar-refractivity contribution in [2.45, 2.75) is 75.0 Å². The molecule has 0 saturated carbocycles. The summed E-state index contributed by atoms with van der Waals surface area (Å²) in [5, 5.41) is 42.2. The van der Waals surface area contributed by atoms with Crippen LogP contribution in [0.25, 0.3) is 33.4 Å². The van der Waals surface area contributed by atoms with E-state index in [-0.39, 0.29) is 55.8 Å². The molecule has 0 amide bonds. The Morgan fingerprint density at radius 3 is 1.45 bits per heavy atom. The number of nitrogens with one attached hydrogen (secondary N) is 3. The molecule has 78 heavy (non-hydrogen) atoms. The Hall–Kier alpha value is -8.33. The minimum atomic E-state index is -5.18. The third-order valence-electron chi connectivity index (χ3n) is 13.7. The van der Waals surface area contributed by atoms with Crippen LogP contribution in [0.1, 0.15) is 65.2 Å². The molecule has 0 bridgehead atoms. The number of carbonyl (C=O) groups is 2. The molecule has 0 saturated heterocycles. The van der Waals surface area contributed by atoms with Crippen molar-refractivity contribution in [3.05, 3.63) is 152 Å². The third kappa shape index (κ3) is 10.2. The first-order chi connectivity index (χ1) is 36.2. The van der Waals surface area contributed by atoms with Crippen molar-refractivity contribution in [1.82, 2.24) is 0 Å². The van der Waals surface area contributed by atoms with Gasteiger partial charge in [0.25, 0.3) is 40.3 Å². The summed E-state index contributed by atoms with van der Waals surface area (Å²) in [4.78, 5) is 25.9. The summed E-state index contributed by atoms with van der Waals surface area (Å²) in [6.07, 6.45) is 0. The molecule has 9 N–H and O–H groups in total. The molecule has 0 aromatic heterocycles. The fraction of sp³-hybridized carbons (Fsp3) is 0.151. The number of hydrogen-bond donors (Lipinski definition) is 9. The summed E-state index contributed by atoms with van der Waals surface area (Å²) in [6, 6.07) is 18.0. The Bertz CT molecular complexity index is 4400. The number of rotatable bonds is 14. The SMILES string of the molecule is Cc1c(C)c(NS(=O)(=O)c2ccc(O)c(C(=O)O)c2)c(C)c(C)c1N=c1cc2oc3cc(Nc4c(C)c(C)c(NS(=O)(=O)c5ccc(O)c(C(=O)O)c5)c(C)c4C)ccc3c(-c3ccccc3S(=O)(=O)O)c-2cc1S(=O)(=O)O. The van der Waals surface area contributed by atoms with Gasteiger partial charge in [-0.05, 0) is 161 Å². The highest BCUT2D eigenvalue weighted by atomic mass is 32.2. The van der Waals surface area contributed by atoms with Crippen LogP contribution in [-0.2, 0) is 40.3 Å². The minimum absolute atomic E-state index is 0.0424. The van der Waals surface area contributed by atoms with Gasteiger partial charge >= 0.3 is 11.9 Å². The number of carboxylic acids is 2. The predicted molar refractivity (Wildman–Crippen MR) is 289 cm³/mol. The van der Waals surface area contributed by atoms with Gasteiger partial charge in [-0.3, -0.25) is 18.5 Å². The zero-order valence-corrected chi connectivity index (χ0v) is 45.7. The first-order valence-electron chi connectivity index (χ1n) is 23.0. The third-order valence-corrected chi connectivity index (χ3v) is 18.2. The number of benzene rings is 7. The second-order valence-electron chi connectivity index (χ2n) is 18.3. The lowest BCUT2D eigenvalue weighted by Gasteiger charge is -2.23. The number of fused-ring (bicyclic) bond motifs is 2. The van der Waals surface area contributed by atoms with Crippen molar-refractivity contribution in [3.8, 4) is 33.9 Å². The average molecular weight is 1140 g/mol. The van der Waals surface area contributed by atoms with Crippen molar-refractivity contribution in [1.29, 1.82) is 0 Å². The summed E-state index contributed by atoms with van der Waals surface area (Å²) >= 11 is 0. The average Bonchev–Trinajstić information content (AvgIpc) is 3.51. The van der Waals surface area contributed by atoms with Crippen LogP contribution in [0, 0.1) is 55.4 Å². The van der Waals surface area contributed by atoms with Crippen LogP contribution in [0.4, 0.5) is 28.4 Å². The van der Waals surface area contributed by atoms with E-state index >= 15 is 0 Å². The van der Waals surface area contributed by atoms with Gasteiger partial charge in [0.15, 0.2) is 0 Å².